The predicted molar refractivity (Wildman–Crippen MR) is 79.7 cm³/mol. The van der Waals surface area contributed by atoms with E-state index in [2.05, 4.69) is 25.8 Å². The van der Waals surface area contributed by atoms with Crippen molar-refractivity contribution in [3.8, 4) is 0 Å². The molecule has 2 heterocycles. The van der Waals surface area contributed by atoms with Crippen LogP contribution in [0.15, 0.2) is 30.9 Å². The molecule has 0 radical (unpaired) electrons. The summed E-state index contributed by atoms with van der Waals surface area (Å²) < 4.78 is 15.3. The molecule has 1 aromatic carbocycles. The maximum absolute atomic E-state index is 13.4. The number of hydrogen-bond acceptors (Lipinski definition) is 5. The lowest BCUT2D eigenvalue weighted by atomic mass is 10.3. The van der Waals surface area contributed by atoms with E-state index in [4.69, 9.17) is 11.6 Å². The van der Waals surface area contributed by atoms with Crippen molar-refractivity contribution in [3.05, 3.63) is 41.7 Å². The molecule has 8 heteroatoms. The number of rotatable bonds is 4. The van der Waals surface area contributed by atoms with Gasteiger partial charge < -0.3 is 4.57 Å². The van der Waals surface area contributed by atoms with Gasteiger partial charge in [0.25, 0.3) is 0 Å². The average Bonchev–Trinajstić information content (AvgIpc) is 2.92. The van der Waals surface area contributed by atoms with Crippen molar-refractivity contribution in [1.29, 1.82) is 0 Å². The zero-order chi connectivity index (χ0) is 14.8. The molecular formula is C13H12ClFN6. The highest BCUT2D eigenvalue weighted by molar-refractivity contribution is 6.30. The summed E-state index contributed by atoms with van der Waals surface area (Å²) in [5.41, 5.74) is 7.66. The second-order valence-corrected chi connectivity index (χ2v) is 4.71. The molecule has 2 aromatic heterocycles. The molecule has 108 valence electrons. The number of aryl methyl sites for hydroxylation is 1. The Labute approximate surface area is 125 Å². The van der Waals surface area contributed by atoms with Gasteiger partial charge in [-0.05, 0) is 19.1 Å². The summed E-state index contributed by atoms with van der Waals surface area (Å²) in [6.07, 6.45) is 3.15. The van der Waals surface area contributed by atoms with Crippen molar-refractivity contribution in [2.75, 3.05) is 10.9 Å². The fourth-order valence-electron chi connectivity index (χ4n) is 1.91. The van der Waals surface area contributed by atoms with Gasteiger partial charge in [-0.3, -0.25) is 10.9 Å². The minimum absolute atomic E-state index is 0.0756. The predicted octanol–water partition coefficient (Wildman–Crippen LogP) is 3.08. The number of imidazole rings is 1. The van der Waals surface area contributed by atoms with Gasteiger partial charge in [-0.2, -0.15) is 0 Å². The molecule has 0 atom stereocenters. The van der Waals surface area contributed by atoms with Gasteiger partial charge in [-0.1, -0.05) is 11.6 Å². The van der Waals surface area contributed by atoms with Crippen LogP contribution in [-0.4, -0.2) is 19.5 Å². The third-order valence-corrected chi connectivity index (χ3v) is 3.29. The Balaban J connectivity index is 1.85. The quantitative estimate of drug-likeness (QED) is 0.725. The molecule has 0 fully saturated rings. The van der Waals surface area contributed by atoms with E-state index >= 15 is 0 Å². The number of anilines is 2. The fraction of sp³-hybridized carbons (Fsp3) is 0.154. The lowest BCUT2D eigenvalue weighted by molar-refractivity contribution is 0.629. The van der Waals surface area contributed by atoms with E-state index in [1.807, 2.05) is 11.5 Å². The summed E-state index contributed by atoms with van der Waals surface area (Å²) in [4.78, 5) is 12.6. The lowest BCUT2D eigenvalue weighted by Gasteiger charge is -2.09. The highest BCUT2D eigenvalue weighted by atomic mass is 35.5. The van der Waals surface area contributed by atoms with Crippen LogP contribution in [0.2, 0.25) is 5.02 Å². The van der Waals surface area contributed by atoms with Crippen molar-refractivity contribution in [3.63, 3.8) is 0 Å². The van der Waals surface area contributed by atoms with Gasteiger partial charge in [0.15, 0.2) is 17.0 Å². The molecule has 0 saturated heterocycles. The van der Waals surface area contributed by atoms with Gasteiger partial charge >= 0.3 is 0 Å². The first-order valence-electron chi connectivity index (χ1n) is 6.32. The van der Waals surface area contributed by atoms with Gasteiger partial charge in [0.05, 0.1) is 17.0 Å². The SMILES string of the molecule is CCn1cnc2c(NNc3ccc(Cl)c(F)c3)ncnc21. The minimum atomic E-state index is -0.494. The lowest BCUT2D eigenvalue weighted by Crippen LogP contribution is -2.11. The molecule has 21 heavy (non-hydrogen) atoms. The second-order valence-electron chi connectivity index (χ2n) is 4.30. The largest absolute Gasteiger partial charge is 0.315 e. The Morgan fingerprint density at radius 3 is 2.86 bits per heavy atom. The van der Waals surface area contributed by atoms with Crippen LogP contribution in [0.1, 0.15) is 6.92 Å². The first-order valence-corrected chi connectivity index (χ1v) is 6.69. The Morgan fingerprint density at radius 1 is 1.24 bits per heavy atom. The standard InChI is InChI=1S/C13H12ClFN6/c1-2-21-7-18-11-12(16-6-17-13(11)21)20-19-8-3-4-9(14)10(15)5-8/h3-7,19H,2H2,1H3,(H,16,17,20). The Bertz CT molecular complexity index is 787. The van der Waals surface area contributed by atoms with E-state index in [-0.39, 0.29) is 5.02 Å². The van der Waals surface area contributed by atoms with Crippen molar-refractivity contribution in [2.45, 2.75) is 13.5 Å². The fourth-order valence-corrected chi connectivity index (χ4v) is 2.03. The van der Waals surface area contributed by atoms with E-state index in [0.29, 0.717) is 17.0 Å². The van der Waals surface area contributed by atoms with Crippen LogP contribution in [0.4, 0.5) is 15.9 Å². The second kappa shape index (κ2) is 5.53. The molecule has 0 aliphatic rings. The third-order valence-electron chi connectivity index (χ3n) is 2.99. The van der Waals surface area contributed by atoms with Crippen LogP contribution in [0, 0.1) is 5.82 Å². The van der Waals surface area contributed by atoms with Gasteiger partial charge in [0.1, 0.15) is 12.1 Å². The van der Waals surface area contributed by atoms with Crippen molar-refractivity contribution in [2.24, 2.45) is 0 Å². The molecule has 3 aromatic rings. The summed E-state index contributed by atoms with van der Waals surface area (Å²) in [7, 11) is 0. The van der Waals surface area contributed by atoms with Crippen molar-refractivity contribution < 1.29 is 4.39 Å². The molecule has 3 rings (SSSR count). The van der Waals surface area contributed by atoms with E-state index in [9.17, 15) is 4.39 Å². The molecule has 0 unspecified atom stereocenters. The number of fused-ring (bicyclic) bond motifs is 1. The summed E-state index contributed by atoms with van der Waals surface area (Å²) in [5, 5.41) is 0.0756. The first kappa shape index (κ1) is 13.6. The Kier molecular flexibility index (Phi) is 3.57. The molecule has 0 bridgehead atoms. The van der Waals surface area contributed by atoms with E-state index in [1.165, 1.54) is 18.5 Å². The van der Waals surface area contributed by atoms with Crippen molar-refractivity contribution >= 4 is 34.3 Å². The first-order chi connectivity index (χ1) is 10.2. The zero-order valence-corrected chi connectivity index (χ0v) is 11.9. The molecule has 0 spiro atoms. The summed E-state index contributed by atoms with van der Waals surface area (Å²) >= 11 is 5.64. The minimum Gasteiger partial charge on any atom is -0.315 e. The van der Waals surface area contributed by atoms with Crippen LogP contribution in [0.3, 0.4) is 0 Å². The van der Waals surface area contributed by atoms with Gasteiger partial charge in [0, 0.05) is 12.6 Å². The van der Waals surface area contributed by atoms with Gasteiger partial charge in [-0.25, -0.2) is 19.3 Å². The molecule has 6 nitrogen and oxygen atoms in total. The molecule has 0 aliphatic carbocycles. The number of halogens is 2. The van der Waals surface area contributed by atoms with Crippen LogP contribution >= 0.6 is 11.6 Å². The smallest absolute Gasteiger partial charge is 0.176 e. The molecule has 2 N–H and O–H groups in total. The number of hydrogen-bond donors (Lipinski definition) is 2. The summed E-state index contributed by atoms with van der Waals surface area (Å²) in [6, 6.07) is 4.42. The van der Waals surface area contributed by atoms with E-state index < -0.39 is 5.82 Å². The van der Waals surface area contributed by atoms with E-state index in [1.54, 1.807) is 12.4 Å². The van der Waals surface area contributed by atoms with E-state index in [0.717, 1.165) is 12.2 Å². The number of nitrogens with one attached hydrogen (secondary N) is 2. The zero-order valence-electron chi connectivity index (χ0n) is 11.1. The summed E-state index contributed by atoms with van der Waals surface area (Å²) in [5.74, 6) is 0.0223. The normalized spacial score (nSPS) is 10.8. The number of aromatic nitrogens is 4. The molecule has 0 aliphatic heterocycles. The Morgan fingerprint density at radius 2 is 2.10 bits per heavy atom. The van der Waals surface area contributed by atoms with Crippen LogP contribution < -0.4 is 10.9 Å². The van der Waals surface area contributed by atoms with Gasteiger partial charge in [0.2, 0.25) is 0 Å². The van der Waals surface area contributed by atoms with Crippen LogP contribution in [0.25, 0.3) is 11.2 Å². The van der Waals surface area contributed by atoms with Gasteiger partial charge in [-0.15, -0.1) is 0 Å². The van der Waals surface area contributed by atoms with Crippen LogP contribution in [-0.2, 0) is 6.54 Å². The maximum Gasteiger partial charge on any atom is 0.176 e. The van der Waals surface area contributed by atoms with Crippen LogP contribution in [0.5, 0.6) is 0 Å². The Hall–Kier alpha value is -2.41. The number of nitrogens with zero attached hydrogens (tertiary/aromatic N) is 4. The topological polar surface area (TPSA) is 67.7 Å². The van der Waals surface area contributed by atoms with Crippen molar-refractivity contribution in [1.82, 2.24) is 19.5 Å². The number of hydrazine groups is 1. The highest BCUT2D eigenvalue weighted by Crippen LogP contribution is 2.20. The highest BCUT2D eigenvalue weighted by Gasteiger charge is 2.09. The average molecular weight is 307 g/mol. The summed E-state index contributed by atoms with van der Waals surface area (Å²) in [6.45, 7) is 2.77. The monoisotopic (exact) mass is 306 g/mol. The molecule has 0 amide bonds. The molecule has 0 saturated carbocycles. The third kappa shape index (κ3) is 2.59. The number of benzene rings is 1. The molecular weight excluding hydrogens is 295 g/mol. The maximum atomic E-state index is 13.4.